The maximum absolute atomic E-state index is 13.9. The molecule has 5 N–H and O–H groups in total. The molecule has 42 heavy (non-hydrogen) atoms. The van der Waals surface area contributed by atoms with Gasteiger partial charge in [-0.2, -0.15) is 0 Å². The molecule has 3 aliphatic heterocycles. The van der Waals surface area contributed by atoms with Crippen molar-refractivity contribution in [2.45, 2.75) is 127 Å². The molecule has 238 valence electrons. The Hall–Kier alpha value is -0.650. The summed E-state index contributed by atoms with van der Waals surface area (Å²) in [6.07, 6.45) is 1.67. The first-order valence-corrected chi connectivity index (χ1v) is 16.9. The van der Waals surface area contributed by atoms with Crippen LogP contribution in [0.15, 0.2) is 0 Å². The fraction of sp³-hybridized carbons (Fsp3) is 0.970. The highest BCUT2D eigenvalue weighted by Gasteiger charge is 2.64. The second-order valence-electron chi connectivity index (χ2n) is 16.0. The summed E-state index contributed by atoms with van der Waals surface area (Å²) in [4.78, 5) is 16.5. The number of aliphatic hydroxyl groups is 5. The standard InChI is InChI=1S/C33H53NO8/c1-16-4-7-27-33(3,40)22-6-5-18-19(21(22)14-34(27)13-16)11-23-20(18)12-25(36)24-10-17(8-9-32(23,24)2)41-31-30(39)29(38)28(37)26(15-35)42-31/h16-24,26-31,35,37-40H,4-15H2,1-3H3/t16-,17+,18-,19-,20+,21+,22+,23+,24-,26-,27+,28-,29+,30-,31-,32-,33+/m1/s1. The van der Waals surface area contributed by atoms with Crippen LogP contribution in [0.5, 0.6) is 0 Å². The van der Waals surface area contributed by atoms with Crippen molar-refractivity contribution in [1.82, 2.24) is 4.90 Å². The second kappa shape index (κ2) is 10.7. The molecule has 17 atom stereocenters. The molecule has 0 unspecified atom stereocenters. The van der Waals surface area contributed by atoms with E-state index in [0.29, 0.717) is 60.1 Å². The summed E-state index contributed by atoms with van der Waals surface area (Å²) in [6.45, 7) is 8.49. The van der Waals surface area contributed by atoms with Gasteiger partial charge in [-0.3, -0.25) is 9.69 Å². The van der Waals surface area contributed by atoms with Gasteiger partial charge in [0.15, 0.2) is 6.29 Å². The van der Waals surface area contributed by atoms with Gasteiger partial charge in [0.1, 0.15) is 30.2 Å². The van der Waals surface area contributed by atoms with E-state index < -0.39 is 42.9 Å². The Morgan fingerprint density at radius 3 is 2.45 bits per heavy atom. The van der Waals surface area contributed by atoms with Gasteiger partial charge in [0.05, 0.1) is 18.3 Å². The van der Waals surface area contributed by atoms with E-state index in [0.717, 1.165) is 51.6 Å². The first-order valence-electron chi connectivity index (χ1n) is 16.9. The average Bonchev–Trinajstić information content (AvgIpc) is 3.33. The lowest BCUT2D eigenvalue weighted by Gasteiger charge is -2.59. The molecule has 0 spiro atoms. The van der Waals surface area contributed by atoms with Crippen LogP contribution in [0.25, 0.3) is 0 Å². The average molecular weight is 592 g/mol. The van der Waals surface area contributed by atoms with Crippen LogP contribution >= 0.6 is 0 Å². The van der Waals surface area contributed by atoms with Crippen LogP contribution in [0.2, 0.25) is 0 Å². The molecular formula is C33H53NO8. The summed E-state index contributed by atoms with van der Waals surface area (Å²) in [5.74, 6) is 3.79. The van der Waals surface area contributed by atoms with E-state index in [-0.39, 0.29) is 23.5 Å². The molecule has 7 rings (SSSR count). The number of hydrogen-bond donors (Lipinski definition) is 5. The Kier molecular flexibility index (Phi) is 7.66. The Labute approximate surface area is 249 Å². The highest BCUT2D eigenvalue weighted by Crippen LogP contribution is 2.66. The quantitative estimate of drug-likeness (QED) is 0.310. The van der Waals surface area contributed by atoms with Crippen LogP contribution in [-0.2, 0) is 14.3 Å². The maximum Gasteiger partial charge on any atom is 0.186 e. The van der Waals surface area contributed by atoms with Gasteiger partial charge in [-0.15, -0.1) is 0 Å². The van der Waals surface area contributed by atoms with Crippen molar-refractivity contribution in [1.29, 1.82) is 0 Å². The molecule has 0 radical (unpaired) electrons. The molecule has 4 saturated carbocycles. The van der Waals surface area contributed by atoms with E-state index in [9.17, 15) is 30.3 Å². The van der Waals surface area contributed by atoms with Crippen molar-refractivity contribution in [2.75, 3.05) is 19.7 Å². The van der Waals surface area contributed by atoms with Gasteiger partial charge in [-0.05, 0) is 105 Å². The Bertz CT molecular complexity index is 1040. The Balaban J connectivity index is 1.07. The number of Topliss-reactive ketones (excluding diaryl/α,β-unsaturated/α-hetero) is 1. The minimum atomic E-state index is -1.47. The first kappa shape index (κ1) is 30.0. The zero-order valence-electron chi connectivity index (χ0n) is 25.6. The van der Waals surface area contributed by atoms with E-state index in [2.05, 4.69) is 25.7 Å². The third-order valence-electron chi connectivity index (χ3n) is 14.0. The van der Waals surface area contributed by atoms with Gasteiger partial charge >= 0.3 is 0 Å². The first-order chi connectivity index (χ1) is 19.9. The van der Waals surface area contributed by atoms with Gasteiger partial charge in [-0.25, -0.2) is 0 Å². The molecule has 0 bridgehead atoms. The molecule has 7 fully saturated rings. The summed E-state index contributed by atoms with van der Waals surface area (Å²) >= 11 is 0. The number of nitrogens with zero attached hydrogens (tertiary/aromatic N) is 1. The van der Waals surface area contributed by atoms with Crippen molar-refractivity contribution in [2.24, 2.45) is 52.8 Å². The molecule has 0 aromatic carbocycles. The number of hydrogen-bond acceptors (Lipinski definition) is 9. The predicted octanol–water partition coefficient (Wildman–Crippen LogP) is 1.71. The Morgan fingerprint density at radius 2 is 1.69 bits per heavy atom. The Morgan fingerprint density at radius 1 is 0.905 bits per heavy atom. The molecule has 4 aliphatic carbocycles. The number of aliphatic hydroxyl groups excluding tert-OH is 4. The van der Waals surface area contributed by atoms with E-state index in [1.54, 1.807) is 0 Å². The second-order valence-corrected chi connectivity index (χ2v) is 16.0. The topological polar surface area (TPSA) is 140 Å². The highest BCUT2D eigenvalue weighted by atomic mass is 16.7. The van der Waals surface area contributed by atoms with Crippen molar-refractivity contribution < 1.29 is 39.8 Å². The molecule has 9 nitrogen and oxygen atoms in total. The van der Waals surface area contributed by atoms with E-state index in [4.69, 9.17) is 9.47 Å². The van der Waals surface area contributed by atoms with Crippen LogP contribution in [-0.4, -0.2) is 104 Å². The number of piperidine rings is 2. The summed E-state index contributed by atoms with van der Waals surface area (Å²) in [6, 6.07) is 0.276. The number of carbonyl (C=O) groups is 1. The van der Waals surface area contributed by atoms with Crippen LogP contribution in [0.4, 0.5) is 0 Å². The van der Waals surface area contributed by atoms with Gasteiger partial charge in [-0.1, -0.05) is 13.8 Å². The number of carbonyl (C=O) groups excluding carboxylic acids is 1. The largest absolute Gasteiger partial charge is 0.394 e. The van der Waals surface area contributed by atoms with Crippen LogP contribution in [0, 0.1) is 52.8 Å². The SMILES string of the molecule is C[C@@H]1CC[C@@H]2N(C1)C[C@H]1[C@@H]3C[C@H]4[C@@H](CC(=O)[C@H]5C[C@@H](O[C@@H]6O[C@H](CO)[C@@H](O)[C@H](O)[C@H]6O)CC[C@@]54C)[C@@H]3CC[C@@H]1[C@]2(C)O. The van der Waals surface area contributed by atoms with E-state index in [1.807, 2.05) is 0 Å². The smallest absolute Gasteiger partial charge is 0.186 e. The minimum absolute atomic E-state index is 0.0958. The summed E-state index contributed by atoms with van der Waals surface area (Å²) in [7, 11) is 0. The fourth-order valence-corrected chi connectivity index (χ4v) is 11.8. The molecule has 3 heterocycles. The van der Waals surface area contributed by atoms with Crippen molar-refractivity contribution in [3.63, 3.8) is 0 Å². The number of ether oxygens (including phenoxy) is 2. The number of ketones is 1. The zero-order valence-corrected chi connectivity index (χ0v) is 25.6. The summed E-state index contributed by atoms with van der Waals surface area (Å²) < 4.78 is 11.8. The third-order valence-corrected chi connectivity index (χ3v) is 14.0. The zero-order chi connectivity index (χ0) is 29.7. The van der Waals surface area contributed by atoms with Gasteiger partial charge < -0.3 is 35.0 Å². The predicted molar refractivity (Wildman–Crippen MR) is 153 cm³/mol. The molecule has 9 heteroatoms. The van der Waals surface area contributed by atoms with Crippen molar-refractivity contribution in [3.8, 4) is 0 Å². The maximum atomic E-state index is 13.9. The van der Waals surface area contributed by atoms with Crippen molar-refractivity contribution >= 4 is 5.78 Å². The summed E-state index contributed by atoms with van der Waals surface area (Å²) in [5, 5.41) is 52.4. The normalized spacial score (nSPS) is 57.9. The minimum Gasteiger partial charge on any atom is -0.394 e. The lowest BCUT2D eigenvalue weighted by molar-refractivity contribution is -0.315. The van der Waals surface area contributed by atoms with E-state index in [1.165, 1.54) is 6.42 Å². The molecule has 0 amide bonds. The lowest BCUT2D eigenvalue weighted by Crippen LogP contribution is -2.67. The molecule has 3 saturated heterocycles. The van der Waals surface area contributed by atoms with Crippen LogP contribution < -0.4 is 0 Å². The molecular weight excluding hydrogens is 538 g/mol. The van der Waals surface area contributed by atoms with Crippen LogP contribution in [0.3, 0.4) is 0 Å². The van der Waals surface area contributed by atoms with Gasteiger partial charge in [0.25, 0.3) is 0 Å². The van der Waals surface area contributed by atoms with Gasteiger partial charge in [0, 0.05) is 31.5 Å². The monoisotopic (exact) mass is 591 g/mol. The van der Waals surface area contributed by atoms with Crippen LogP contribution in [0.1, 0.15) is 78.6 Å². The molecule has 0 aromatic rings. The van der Waals surface area contributed by atoms with E-state index >= 15 is 0 Å². The third kappa shape index (κ3) is 4.50. The molecule has 7 aliphatic rings. The fourth-order valence-electron chi connectivity index (χ4n) is 11.8. The van der Waals surface area contributed by atoms with Crippen molar-refractivity contribution in [3.05, 3.63) is 0 Å². The highest BCUT2D eigenvalue weighted by molar-refractivity contribution is 5.83. The number of rotatable bonds is 3. The van der Waals surface area contributed by atoms with Gasteiger partial charge in [0.2, 0.25) is 0 Å². The lowest BCUT2D eigenvalue weighted by atomic mass is 9.51. The number of fused-ring (bicyclic) bond motifs is 8. The molecule has 0 aromatic heterocycles. The summed E-state index contributed by atoms with van der Waals surface area (Å²) in [5.41, 5.74) is -0.745.